The van der Waals surface area contributed by atoms with Crippen LogP contribution in [-0.2, 0) is 0 Å². The first-order valence-corrected chi connectivity index (χ1v) is 3.53. The molecule has 2 N–H and O–H groups in total. The molecule has 1 aliphatic rings. The monoisotopic (exact) mass is 138 g/mol. The summed E-state index contributed by atoms with van der Waals surface area (Å²) in [6, 6.07) is 0. The minimum absolute atomic E-state index is 0.606. The highest BCUT2D eigenvalue weighted by Gasteiger charge is 2.17. The molecule has 0 aromatic carbocycles. The van der Waals surface area contributed by atoms with Crippen LogP contribution >= 0.6 is 0 Å². The molecule has 1 aliphatic heterocycles. The third kappa shape index (κ3) is 0.903. The van der Waals surface area contributed by atoms with Gasteiger partial charge in [0.25, 0.3) is 0 Å². The van der Waals surface area contributed by atoms with Crippen LogP contribution in [0.25, 0.3) is 0 Å². The Morgan fingerprint density at radius 1 is 1.60 bits per heavy atom. The van der Waals surface area contributed by atoms with Crippen molar-refractivity contribution in [2.24, 2.45) is 0 Å². The summed E-state index contributed by atoms with van der Waals surface area (Å²) in [6.45, 7) is 2.17. The number of aromatic amines is 1. The molecule has 0 radical (unpaired) electrons. The van der Waals surface area contributed by atoms with Gasteiger partial charge in [-0.1, -0.05) is 5.21 Å². The molecular formula is C6H10N4. The van der Waals surface area contributed by atoms with Gasteiger partial charge in [-0.3, -0.25) is 5.10 Å². The lowest BCUT2D eigenvalue weighted by atomic mass is 10.1. The maximum Gasteiger partial charge on any atom is 0.0725 e. The molecule has 0 aliphatic carbocycles. The molecule has 1 aromatic heterocycles. The van der Waals surface area contributed by atoms with E-state index in [2.05, 4.69) is 20.7 Å². The van der Waals surface area contributed by atoms with Crippen molar-refractivity contribution in [3.05, 3.63) is 11.9 Å². The molecule has 1 fully saturated rings. The molecule has 2 heterocycles. The summed E-state index contributed by atoms with van der Waals surface area (Å²) in [4.78, 5) is 0. The zero-order chi connectivity index (χ0) is 6.81. The molecule has 1 aromatic rings. The molecule has 1 unspecified atom stereocenters. The molecule has 4 heteroatoms. The largest absolute Gasteiger partial charge is 0.316 e. The third-order valence-electron chi connectivity index (χ3n) is 1.93. The van der Waals surface area contributed by atoms with Crippen LogP contribution in [0, 0.1) is 0 Å². The third-order valence-corrected chi connectivity index (χ3v) is 1.93. The number of hydrogen-bond acceptors (Lipinski definition) is 3. The van der Waals surface area contributed by atoms with Gasteiger partial charge in [0.15, 0.2) is 0 Å². The molecule has 0 saturated carbocycles. The second kappa shape index (κ2) is 2.38. The van der Waals surface area contributed by atoms with Gasteiger partial charge in [0, 0.05) is 12.5 Å². The standard InChI is InChI=1S/C6H10N4/c1-2-7-3-5(1)6-4-8-10-9-6/h4-5,7H,1-3H2,(H,8,9,10). The van der Waals surface area contributed by atoms with Gasteiger partial charge in [0.1, 0.15) is 0 Å². The van der Waals surface area contributed by atoms with Crippen LogP contribution in [0.2, 0.25) is 0 Å². The van der Waals surface area contributed by atoms with Crippen LogP contribution < -0.4 is 5.32 Å². The van der Waals surface area contributed by atoms with Gasteiger partial charge in [-0.15, -0.1) is 5.10 Å². The Morgan fingerprint density at radius 2 is 2.60 bits per heavy atom. The predicted molar refractivity (Wildman–Crippen MR) is 36.6 cm³/mol. The van der Waals surface area contributed by atoms with Crippen molar-refractivity contribution in [3.63, 3.8) is 0 Å². The van der Waals surface area contributed by atoms with Crippen molar-refractivity contribution in [1.29, 1.82) is 0 Å². The van der Waals surface area contributed by atoms with E-state index in [1.54, 1.807) is 6.20 Å². The molecule has 0 bridgehead atoms. The van der Waals surface area contributed by atoms with E-state index in [9.17, 15) is 0 Å². The second-order valence-corrected chi connectivity index (χ2v) is 2.60. The Labute approximate surface area is 59.0 Å². The quantitative estimate of drug-likeness (QED) is 0.569. The Hall–Kier alpha value is -0.900. The van der Waals surface area contributed by atoms with Crippen molar-refractivity contribution < 1.29 is 0 Å². The fourth-order valence-corrected chi connectivity index (χ4v) is 1.32. The first kappa shape index (κ1) is 5.85. The van der Waals surface area contributed by atoms with Gasteiger partial charge >= 0.3 is 0 Å². The van der Waals surface area contributed by atoms with Crippen LogP contribution in [0.15, 0.2) is 6.20 Å². The number of nitrogens with zero attached hydrogens (tertiary/aromatic N) is 2. The highest BCUT2D eigenvalue weighted by Crippen LogP contribution is 2.18. The maximum absolute atomic E-state index is 3.73. The van der Waals surface area contributed by atoms with Gasteiger partial charge in [0.2, 0.25) is 0 Å². The Balaban J connectivity index is 2.12. The van der Waals surface area contributed by atoms with Gasteiger partial charge in [-0.25, -0.2) is 0 Å². The smallest absolute Gasteiger partial charge is 0.0725 e. The molecule has 1 atom stereocenters. The first-order chi connectivity index (χ1) is 4.97. The maximum atomic E-state index is 3.73. The number of H-pyrrole nitrogens is 1. The van der Waals surface area contributed by atoms with E-state index in [0.29, 0.717) is 5.92 Å². The van der Waals surface area contributed by atoms with Crippen molar-refractivity contribution in [2.45, 2.75) is 12.3 Å². The van der Waals surface area contributed by atoms with Gasteiger partial charge in [0.05, 0.1) is 11.9 Å². The van der Waals surface area contributed by atoms with Crippen LogP contribution in [-0.4, -0.2) is 28.5 Å². The molecular weight excluding hydrogens is 128 g/mol. The first-order valence-electron chi connectivity index (χ1n) is 3.53. The summed E-state index contributed by atoms with van der Waals surface area (Å²) in [7, 11) is 0. The molecule has 2 rings (SSSR count). The van der Waals surface area contributed by atoms with E-state index in [-0.39, 0.29) is 0 Å². The number of rotatable bonds is 1. The highest BCUT2D eigenvalue weighted by molar-refractivity contribution is 5.03. The van der Waals surface area contributed by atoms with E-state index in [0.717, 1.165) is 18.8 Å². The Kier molecular flexibility index (Phi) is 1.39. The van der Waals surface area contributed by atoms with Gasteiger partial charge in [-0.2, -0.15) is 0 Å². The van der Waals surface area contributed by atoms with E-state index < -0.39 is 0 Å². The van der Waals surface area contributed by atoms with E-state index >= 15 is 0 Å². The molecule has 0 spiro atoms. The van der Waals surface area contributed by atoms with Crippen molar-refractivity contribution >= 4 is 0 Å². The van der Waals surface area contributed by atoms with E-state index in [1.807, 2.05) is 0 Å². The molecule has 54 valence electrons. The number of nitrogens with one attached hydrogen (secondary N) is 2. The zero-order valence-electron chi connectivity index (χ0n) is 5.67. The minimum Gasteiger partial charge on any atom is -0.316 e. The summed E-state index contributed by atoms with van der Waals surface area (Å²) in [5, 5.41) is 13.6. The van der Waals surface area contributed by atoms with Crippen LogP contribution in [0.3, 0.4) is 0 Å². The summed E-state index contributed by atoms with van der Waals surface area (Å²) >= 11 is 0. The fourth-order valence-electron chi connectivity index (χ4n) is 1.32. The lowest BCUT2D eigenvalue weighted by Crippen LogP contribution is -2.08. The lowest BCUT2D eigenvalue weighted by molar-refractivity contribution is 0.728. The Morgan fingerprint density at radius 3 is 3.20 bits per heavy atom. The zero-order valence-corrected chi connectivity index (χ0v) is 5.67. The minimum atomic E-state index is 0.606. The average Bonchev–Trinajstić information content (AvgIpc) is 2.59. The van der Waals surface area contributed by atoms with Gasteiger partial charge < -0.3 is 5.32 Å². The molecule has 4 nitrogen and oxygen atoms in total. The predicted octanol–water partition coefficient (Wildman–Crippen LogP) is -0.118. The lowest BCUT2D eigenvalue weighted by Gasteiger charge is -2.00. The normalized spacial score (nSPS) is 25.4. The van der Waals surface area contributed by atoms with Crippen LogP contribution in [0.1, 0.15) is 18.0 Å². The second-order valence-electron chi connectivity index (χ2n) is 2.60. The molecule has 0 amide bonds. The van der Waals surface area contributed by atoms with Crippen LogP contribution in [0.5, 0.6) is 0 Å². The fraction of sp³-hybridized carbons (Fsp3) is 0.667. The van der Waals surface area contributed by atoms with E-state index in [1.165, 1.54) is 6.42 Å². The highest BCUT2D eigenvalue weighted by atomic mass is 15.3. The summed E-state index contributed by atoms with van der Waals surface area (Å²) in [6.07, 6.45) is 3.00. The summed E-state index contributed by atoms with van der Waals surface area (Å²) in [5.74, 6) is 0.606. The van der Waals surface area contributed by atoms with Crippen molar-refractivity contribution in [1.82, 2.24) is 20.7 Å². The molecule has 1 saturated heterocycles. The topological polar surface area (TPSA) is 53.6 Å². The van der Waals surface area contributed by atoms with Crippen molar-refractivity contribution in [2.75, 3.05) is 13.1 Å². The summed E-state index contributed by atoms with van der Waals surface area (Å²) in [5.41, 5.74) is 1.16. The molecule has 10 heavy (non-hydrogen) atoms. The Bertz CT molecular complexity index is 188. The number of aromatic nitrogens is 3. The van der Waals surface area contributed by atoms with Crippen molar-refractivity contribution in [3.8, 4) is 0 Å². The number of hydrogen-bond donors (Lipinski definition) is 2. The van der Waals surface area contributed by atoms with Crippen LogP contribution in [0.4, 0.5) is 0 Å². The SMILES string of the molecule is c1nn[nH]c1C1CCNC1. The van der Waals surface area contributed by atoms with E-state index in [4.69, 9.17) is 0 Å². The van der Waals surface area contributed by atoms with Gasteiger partial charge in [-0.05, 0) is 13.0 Å². The average molecular weight is 138 g/mol. The summed E-state index contributed by atoms with van der Waals surface area (Å²) < 4.78 is 0.